The minimum absolute atomic E-state index is 0.130. The standard InChI is InChI=1S/C30H36N4O3SSi/c1-29(2,3)37-28(35)34-24-12-9-19(18-36-39(7,8)30(4,5)6)15-21(24)17-25(34)26-22-11-10-20(16-23(22)32-33-26)27-31-13-14-38-27/h9-17H,18H2,1-8H3,(H,32,33). The Bertz CT molecular complexity index is 1650. The van der Waals surface area contributed by atoms with E-state index < -0.39 is 20.0 Å². The van der Waals surface area contributed by atoms with Gasteiger partial charge in [-0.05, 0) is 74.8 Å². The number of H-pyrrole nitrogens is 1. The summed E-state index contributed by atoms with van der Waals surface area (Å²) in [6.45, 7) is 17.4. The molecule has 0 aliphatic rings. The third-order valence-electron chi connectivity index (χ3n) is 7.33. The van der Waals surface area contributed by atoms with Crippen molar-refractivity contribution in [2.75, 3.05) is 0 Å². The van der Waals surface area contributed by atoms with Gasteiger partial charge in [-0.2, -0.15) is 5.10 Å². The highest BCUT2D eigenvalue weighted by Crippen LogP contribution is 2.38. The molecule has 0 atom stereocenters. The number of hydrogen-bond donors (Lipinski definition) is 1. The zero-order valence-electron chi connectivity index (χ0n) is 23.9. The monoisotopic (exact) mass is 560 g/mol. The summed E-state index contributed by atoms with van der Waals surface area (Å²) in [5.41, 5.74) is 4.46. The SMILES string of the molecule is CC(C)(C)OC(=O)n1c(-c2n[nH]c3cc(-c4nccs4)ccc23)cc2cc(CO[Si](C)(C)C(C)(C)C)ccc21. The van der Waals surface area contributed by atoms with E-state index in [1.165, 1.54) is 0 Å². The number of hydrogen-bond acceptors (Lipinski definition) is 6. The fraction of sp³-hybridized carbons (Fsp3) is 0.367. The fourth-order valence-electron chi connectivity index (χ4n) is 4.23. The molecule has 0 radical (unpaired) electrons. The van der Waals surface area contributed by atoms with Crippen molar-refractivity contribution in [3.8, 4) is 22.0 Å². The third kappa shape index (κ3) is 5.43. The van der Waals surface area contributed by atoms with Crippen molar-refractivity contribution in [1.82, 2.24) is 19.7 Å². The first-order valence-electron chi connectivity index (χ1n) is 13.1. The molecule has 3 aromatic heterocycles. The van der Waals surface area contributed by atoms with E-state index in [1.54, 1.807) is 22.1 Å². The molecule has 0 bridgehead atoms. The van der Waals surface area contributed by atoms with Crippen LogP contribution >= 0.6 is 11.3 Å². The number of carbonyl (C=O) groups excluding carboxylic acids is 1. The molecule has 0 spiro atoms. The maximum atomic E-state index is 13.5. The molecule has 2 aromatic carbocycles. The molecule has 5 aromatic rings. The van der Waals surface area contributed by atoms with Crippen LogP contribution in [0.1, 0.15) is 47.1 Å². The molecule has 7 nitrogen and oxygen atoms in total. The molecule has 1 N–H and O–H groups in total. The number of aromatic nitrogens is 4. The summed E-state index contributed by atoms with van der Waals surface area (Å²) in [5, 5.41) is 12.7. The largest absolute Gasteiger partial charge is 0.443 e. The van der Waals surface area contributed by atoms with E-state index in [4.69, 9.17) is 9.16 Å². The van der Waals surface area contributed by atoms with Gasteiger partial charge in [0.25, 0.3) is 0 Å². The van der Waals surface area contributed by atoms with Crippen LogP contribution < -0.4 is 0 Å². The lowest BCUT2D eigenvalue weighted by Gasteiger charge is -2.36. The van der Waals surface area contributed by atoms with Gasteiger partial charge in [-0.25, -0.2) is 14.3 Å². The normalized spacial score (nSPS) is 12.9. The van der Waals surface area contributed by atoms with Gasteiger partial charge >= 0.3 is 6.09 Å². The number of nitrogens with one attached hydrogen (secondary N) is 1. The highest BCUT2D eigenvalue weighted by Gasteiger charge is 2.37. The second kappa shape index (κ2) is 9.73. The van der Waals surface area contributed by atoms with Crippen LogP contribution in [0.3, 0.4) is 0 Å². The number of carbonyl (C=O) groups is 1. The van der Waals surface area contributed by atoms with Gasteiger partial charge in [-0.3, -0.25) is 5.10 Å². The van der Waals surface area contributed by atoms with E-state index in [9.17, 15) is 4.79 Å². The Labute approximate surface area is 234 Å². The highest BCUT2D eigenvalue weighted by atomic mass is 32.1. The predicted molar refractivity (Wildman–Crippen MR) is 162 cm³/mol. The van der Waals surface area contributed by atoms with Crippen molar-refractivity contribution in [3.05, 3.63) is 59.6 Å². The number of benzene rings is 2. The average Bonchev–Trinajstić information content (AvgIpc) is 3.58. The van der Waals surface area contributed by atoms with Crippen LogP contribution in [-0.2, 0) is 15.8 Å². The zero-order valence-corrected chi connectivity index (χ0v) is 25.7. The molecule has 0 aliphatic heterocycles. The number of aromatic amines is 1. The second-order valence-corrected chi connectivity index (χ2v) is 18.2. The van der Waals surface area contributed by atoms with Gasteiger partial charge in [0.15, 0.2) is 8.32 Å². The van der Waals surface area contributed by atoms with Gasteiger partial charge in [0.05, 0.1) is 23.3 Å². The molecule has 39 heavy (non-hydrogen) atoms. The van der Waals surface area contributed by atoms with Gasteiger partial charge in [-0.15, -0.1) is 11.3 Å². The van der Waals surface area contributed by atoms with Crippen molar-refractivity contribution in [1.29, 1.82) is 0 Å². The van der Waals surface area contributed by atoms with Crippen LogP contribution in [-0.4, -0.2) is 39.8 Å². The van der Waals surface area contributed by atoms with Gasteiger partial charge in [-0.1, -0.05) is 32.9 Å². The number of thiazole rings is 1. The van der Waals surface area contributed by atoms with Crippen molar-refractivity contribution in [3.63, 3.8) is 0 Å². The maximum Gasteiger partial charge on any atom is 0.419 e. The van der Waals surface area contributed by atoms with Crippen molar-refractivity contribution in [2.45, 2.75) is 71.9 Å². The number of nitrogens with zero attached hydrogens (tertiary/aromatic N) is 3. The van der Waals surface area contributed by atoms with Gasteiger partial charge in [0.1, 0.15) is 16.3 Å². The molecule has 0 aliphatic carbocycles. The molecule has 0 amide bonds. The lowest BCUT2D eigenvalue weighted by Crippen LogP contribution is -2.40. The van der Waals surface area contributed by atoms with Gasteiger partial charge in [0.2, 0.25) is 0 Å². The number of ether oxygens (including phenoxy) is 1. The molecular formula is C30H36N4O3SSi. The minimum Gasteiger partial charge on any atom is -0.443 e. The first kappa shape index (κ1) is 27.3. The predicted octanol–water partition coefficient (Wildman–Crippen LogP) is 8.61. The van der Waals surface area contributed by atoms with E-state index in [0.29, 0.717) is 18.0 Å². The smallest absolute Gasteiger partial charge is 0.419 e. The summed E-state index contributed by atoms with van der Waals surface area (Å²) in [6, 6.07) is 14.2. The van der Waals surface area contributed by atoms with E-state index in [-0.39, 0.29) is 5.04 Å². The molecular weight excluding hydrogens is 525 g/mol. The average molecular weight is 561 g/mol. The van der Waals surface area contributed by atoms with Crippen LogP contribution in [0.5, 0.6) is 0 Å². The molecule has 3 heterocycles. The van der Waals surface area contributed by atoms with E-state index >= 15 is 0 Å². The zero-order chi connectivity index (χ0) is 28.2. The van der Waals surface area contributed by atoms with Crippen molar-refractivity contribution in [2.24, 2.45) is 0 Å². The van der Waals surface area contributed by atoms with E-state index in [0.717, 1.165) is 37.9 Å². The highest BCUT2D eigenvalue weighted by molar-refractivity contribution is 7.13. The van der Waals surface area contributed by atoms with Gasteiger partial charge in [0, 0.05) is 27.9 Å². The van der Waals surface area contributed by atoms with Crippen LogP contribution in [0, 0.1) is 0 Å². The summed E-state index contributed by atoms with van der Waals surface area (Å²) in [5.74, 6) is 0. The Morgan fingerprint density at radius 3 is 2.49 bits per heavy atom. The summed E-state index contributed by atoms with van der Waals surface area (Å²) >= 11 is 1.59. The lowest BCUT2D eigenvalue weighted by atomic mass is 10.1. The first-order chi connectivity index (χ1) is 18.2. The van der Waals surface area contributed by atoms with Crippen molar-refractivity contribution >= 4 is 47.6 Å². The Morgan fingerprint density at radius 2 is 1.82 bits per heavy atom. The quantitative estimate of drug-likeness (QED) is 0.218. The molecule has 5 rings (SSSR count). The lowest BCUT2D eigenvalue weighted by molar-refractivity contribution is 0.0547. The molecule has 0 saturated heterocycles. The Morgan fingerprint density at radius 1 is 1.05 bits per heavy atom. The van der Waals surface area contributed by atoms with E-state index in [2.05, 4.69) is 55.1 Å². The van der Waals surface area contributed by atoms with Crippen molar-refractivity contribution < 1.29 is 14.0 Å². The van der Waals surface area contributed by atoms with E-state index in [1.807, 2.05) is 62.5 Å². The molecule has 0 unspecified atom stereocenters. The number of rotatable bonds is 5. The minimum atomic E-state index is -1.90. The Kier molecular flexibility index (Phi) is 6.81. The van der Waals surface area contributed by atoms with Gasteiger partial charge < -0.3 is 9.16 Å². The number of fused-ring (bicyclic) bond motifs is 2. The molecule has 204 valence electrons. The third-order valence-corrected chi connectivity index (χ3v) is 12.6. The maximum absolute atomic E-state index is 13.5. The first-order valence-corrected chi connectivity index (χ1v) is 16.9. The van der Waals surface area contributed by atoms with Crippen LogP contribution in [0.4, 0.5) is 4.79 Å². The topological polar surface area (TPSA) is 82.0 Å². The Balaban J connectivity index is 1.59. The Hall–Kier alpha value is -3.27. The molecule has 0 saturated carbocycles. The summed E-state index contributed by atoms with van der Waals surface area (Å²) < 4.78 is 13.9. The second-order valence-electron chi connectivity index (χ2n) is 12.5. The molecule has 0 fully saturated rings. The van der Waals surface area contributed by atoms with Crippen LogP contribution in [0.2, 0.25) is 18.1 Å². The fourth-order valence-corrected chi connectivity index (χ4v) is 5.82. The van der Waals surface area contributed by atoms with Crippen LogP contribution in [0.15, 0.2) is 54.0 Å². The summed E-state index contributed by atoms with van der Waals surface area (Å²) in [4.78, 5) is 17.9. The summed E-state index contributed by atoms with van der Waals surface area (Å²) in [6.07, 6.45) is 1.36. The summed E-state index contributed by atoms with van der Waals surface area (Å²) in [7, 11) is -1.90. The molecule has 9 heteroatoms. The van der Waals surface area contributed by atoms with Crippen LogP contribution in [0.25, 0.3) is 43.8 Å².